The molecular formula is C7H4F2IN3O2S. The molecule has 0 aromatic carbocycles. The number of hydrogen-bond donors (Lipinski definition) is 1. The highest BCUT2D eigenvalue weighted by atomic mass is 127. The third-order valence-electron chi connectivity index (χ3n) is 1.67. The lowest BCUT2D eigenvalue weighted by atomic mass is 10.1. The average molecular weight is 359 g/mol. The quantitative estimate of drug-likeness (QED) is 0.633. The van der Waals surface area contributed by atoms with E-state index < -0.39 is 32.5 Å². The summed E-state index contributed by atoms with van der Waals surface area (Å²) in [5.74, 6) is 0. The van der Waals surface area contributed by atoms with Crippen molar-refractivity contribution >= 4 is 32.6 Å². The van der Waals surface area contributed by atoms with E-state index >= 15 is 0 Å². The molecule has 0 radical (unpaired) electrons. The Labute approximate surface area is 103 Å². The van der Waals surface area contributed by atoms with Crippen LogP contribution >= 0.6 is 22.6 Å². The summed E-state index contributed by atoms with van der Waals surface area (Å²) < 4.78 is 47.2. The van der Waals surface area contributed by atoms with Crippen molar-refractivity contribution in [1.29, 1.82) is 5.26 Å². The summed E-state index contributed by atoms with van der Waals surface area (Å²) in [4.78, 5) is 2.78. The van der Waals surface area contributed by atoms with Gasteiger partial charge in [0.15, 0.2) is 0 Å². The van der Waals surface area contributed by atoms with Gasteiger partial charge < -0.3 is 0 Å². The number of nitriles is 1. The van der Waals surface area contributed by atoms with Crippen LogP contribution in [-0.4, -0.2) is 13.4 Å². The first kappa shape index (κ1) is 13.2. The average Bonchev–Trinajstić information content (AvgIpc) is 2.14. The maximum absolute atomic E-state index is 12.6. The Hall–Kier alpha value is -0.860. The van der Waals surface area contributed by atoms with E-state index in [0.29, 0.717) is 0 Å². The van der Waals surface area contributed by atoms with Crippen molar-refractivity contribution in [3.05, 3.63) is 21.0 Å². The highest BCUT2D eigenvalue weighted by molar-refractivity contribution is 14.1. The molecule has 0 unspecified atom stereocenters. The fraction of sp³-hybridized carbons (Fsp3) is 0.143. The van der Waals surface area contributed by atoms with Gasteiger partial charge in [0.25, 0.3) is 6.43 Å². The number of nitrogens with zero attached hydrogens (tertiary/aromatic N) is 2. The van der Waals surface area contributed by atoms with E-state index in [-0.39, 0.29) is 3.70 Å². The molecule has 1 rings (SSSR count). The summed E-state index contributed by atoms with van der Waals surface area (Å²) in [6.07, 6.45) is -2.20. The molecule has 1 aromatic rings. The molecule has 0 atom stereocenters. The van der Waals surface area contributed by atoms with Crippen LogP contribution in [0.25, 0.3) is 0 Å². The van der Waals surface area contributed by atoms with E-state index in [1.807, 2.05) is 0 Å². The third kappa shape index (κ3) is 2.45. The van der Waals surface area contributed by atoms with Crippen LogP contribution in [-0.2, 0) is 10.0 Å². The molecule has 0 saturated heterocycles. The van der Waals surface area contributed by atoms with E-state index in [0.717, 1.165) is 6.20 Å². The van der Waals surface area contributed by atoms with Crippen molar-refractivity contribution in [2.24, 2.45) is 5.14 Å². The highest BCUT2D eigenvalue weighted by Gasteiger charge is 2.25. The van der Waals surface area contributed by atoms with Gasteiger partial charge in [-0.25, -0.2) is 27.3 Å². The predicted octanol–water partition coefficient (Wildman–Crippen LogP) is 1.14. The number of pyridine rings is 1. The van der Waals surface area contributed by atoms with E-state index in [1.54, 1.807) is 0 Å². The van der Waals surface area contributed by atoms with Gasteiger partial charge in [0, 0.05) is 6.20 Å². The number of alkyl halides is 2. The molecule has 0 spiro atoms. The number of sulfonamides is 1. The molecule has 0 saturated carbocycles. The fourth-order valence-electron chi connectivity index (χ4n) is 1.02. The van der Waals surface area contributed by atoms with E-state index in [2.05, 4.69) is 4.98 Å². The minimum atomic E-state index is -4.24. The van der Waals surface area contributed by atoms with Gasteiger partial charge in [-0.2, -0.15) is 5.26 Å². The summed E-state index contributed by atoms with van der Waals surface area (Å²) in [5.41, 5.74) is -1.37. The lowest BCUT2D eigenvalue weighted by Crippen LogP contribution is -2.16. The lowest BCUT2D eigenvalue weighted by molar-refractivity contribution is 0.149. The van der Waals surface area contributed by atoms with Crippen LogP contribution in [0.3, 0.4) is 0 Å². The van der Waals surface area contributed by atoms with E-state index in [9.17, 15) is 17.2 Å². The second-order valence-electron chi connectivity index (χ2n) is 2.66. The molecule has 5 nitrogen and oxygen atoms in total. The molecule has 0 bridgehead atoms. The van der Waals surface area contributed by atoms with Crippen LogP contribution in [0.1, 0.15) is 17.6 Å². The first-order valence-corrected chi connectivity index (χ1v) is 6.31. The Morgan fingerprint density at radius 1 is 1.56 bits per heavy atom. The van der Waals surface area contributed by atoms with Crippen molar-refractivity contribution in [2.75, 3.05) is 0 Å². The van der Waals surface area contributed by atoms with Crippen molar-refractivity contribution in [1.82, 2.24) is 4.98 Å². The van der Waals surface area contributed by atoms with Gasteiger partial charge in [-0.1, -0.05) is 0 Å². The Kier molecular flexibility index (Phi) is 3.76. The van der Waals surface area contributed by atoms with Gasteiger partial charge in [-0.15, -0.1) is 0 Å². The minimum Gasteiger partial charge on any atom is -0.248 e. The zero-order valence-corrected chi connectivity index (χ0v) is 10.5. The molecule has 0 aliphatic carbocycles. The molecule has 2 N–H and O–H groups in total. The Bertz CT molecular complexity index is 568. The number of nitrogens with two attached hydrogens (primary N) is 1. The van der Waals surface area contributed by atoms with Crippen LogP contribution in [0.4, 0.5) is 8.78 Å². The number of halogens is 3. The lowest BCUT2D eigenvalue weighted by Gasteiger charge is -2.08. The van der Waals surface area contributed by atoms with Crippen LogP contribution in [0.15, 0.2) is 11.1 Å². The highest BCUT2D eigenvalue weighted by Crippen LogP contribution is 2.29. The van der Waals surface area contributed by atoms with Crippen molar-refractivity contribution in [2.45, 2.75) is 11.3 Å². The topological polar surface area (TPSA) is 96.8 Å². The molecule has 0 aliphatic heterocycles. The second kappa shape index (κ2) is 4.56. The van der Waals surface area contributed by atoms with Gasteiger partial charge in [0.2, 0.25) is 10.0 Å². The summed E-state index contributed by atoms with van der Waals surface area (Å²) in [5, 5.41) is 13.5. The fourth-order valence-corrected chi connectivity index (χ4v) is 2.30. The van der Waals surface area contributed by atoms with Crippen molar-refractivity contribution in [3.63, 3.8) is 0 Å². The largest absolute Gasteiger partial charge is 0.267 e. The number of aromatic nitrogens is 1. The monoisotopic (exact) mass is 359 g/mol. The van der Waals surface area contributed by atoms with Gasteiger partial charge >= 0.3 is 0 Å². The summed E-state index contributed by atoms with van der Waals surface area (Å²) in [6.45, 7) is 0. The Morgan fingerprint density at radius 3 is 2.50 bits per heavy atom. The number of hydrogen-bond acceptors (Lipinski definition) is 4. The number of rotatable bonds is 2. The molecule has 0 aliphatic rings. The third-order valence-corrected chi connectivity index (χ3v) is 3.45. The predicted molar refractivity (Wildman–Crippen MR) is 58.0 cm³/mol. The van der Waals surface area contributed by atoms with Gasteiger partial charge in [0.05, 0.1) is 11.1 Å². The SMILES string of the molecule is N#Cc1c(S(N)(=O)=O)cnc(I)c1C(F)F. The maximum Gasteiger partial charge on any atom is 0.267 e. The zero-order chi connectivity index (χ0) is 12.5. The normalized spacial score (nSPS) is 11.5. The molecular weight excluding hydrogens is 355 g/mol. The maximum atomic E-state index is 12.6. The minimum absolute atomic E-state index is 0.128. The number of primary sulfonamides is 1. The molecule has 86 valence electrons. The van der Waals surface area contributed by atoms with Crippen LogP contribution < -0.4 is 5.14 Å². The van der Waals surface area contributed by atoms with E-state index in [1.165, 1.54) is 28.7 Å². The first-order chi connectivity index (χ1) is 7.29. The molecule has 9 heteroatoms. The molecule has 0 amide bonds. The molecule has 0 fully saturated rings. The summed E-state index contributed by atoms with van der Waals surface area (Å²) >= 11 is 1.49. The standard InChI is InChI=1S/C7H4F2IN3O2S/c8-6(9)5-3(1-11)4(16(12,14)15)2-13-7(5)10/h2,6H,(H2,12,14,15). The van der Waals surface area contributed by atoms with E-state index in [4.69, 9.17) is 10.4 Å². The first-order valence-electron chi connectivity index (χ1n) is 3.68. The Balaban J connectivity index is 3.72. The smallest absolute Gasteiger partial charge is 0.248 e. The van der Waals surface area contributed by atoms with Crippen molar-refractivity contribution < 1.29 is 17.2 Å². The van der Waals surface area contributed by atoms with Crippen LogP contribution in [0.5, 0.6) is 0 Å². The molecule has 16 heavy (non-hydrogen) atoms. The van der Waals surface area contributed by atoms with Gasteiger partial charge in [0.1, 0.15) is 14.7 Å². The molecule has 1 heterocycles. The van der Waals surface area contributed by atoms with Crippen LogP contribution in [0.2, 0.25) is 0 Å². The second-order valence-corrected chi connectivity index (χ2v) is 5.21. The zero-order valence-electron chi connectivity index (χ0n) is 7.49. The molecule has 1 aromatic heterocycles. The van der Waals surface area contributed by atoms with Gasteiger partial charge in [-0.3, -0.25) is 0 Å². The Morgan fingerprint density at radius 2 is 2.12 bits per heavy atom. The summed E-state index contributed by atoms with van der Waals surface area (Å²) in [7, 11) is -4.24. The summed E-state index contributed by atoms with van der Waals surface area (Å²) in [6, 6.07) is 1.41. The van der Waals surface area contributed by atoms with Gasteiger partial charge in [-0.05, 0) is 22.6 Å². The van der Waals surface area contributed by atoms with Crippen LogP contribution in [0, 0.1) is 15.0 Å². The van der Waals surface area contributed by atoms with Crippen molar-refractivity contribution in [3.8, 4) is 6.07 Å².